The van der Waals surface area contributed by atoms with Crippen LogP contribution >= 0.6 is 0 Å². The number of ether oxygens (including phenoxy) is 1. The minimum atomic E-state index is -1.33. The van der Waals surface area contributed by atoms with E-state index in [0.717, 1.165) is 24.3 Å². The third kappa shape index (κ3) is 2.90. The quantitative estimate of drug-likeness (QED) is 0.465. The Morgan fingerprint density at radius 2 is 1.36 bits per heavy atom. The number of aromatic carboxylic acids is 1. The topological polar surface area (TPSA) is 148 Å². The predicted molar refractivity (Wildman–Crippen MR) is 72.5 cm³/mol. The molecule has 0 aliphatic carbocycles. The van der Waals surface area contributed by atoms with E-state index in [-0.39, 0.29) is 23.5 Å². The van der Waals surface area contributed by atoms with Gasteiger partial charge in [-0.05, 0) is 29.8 Å². The summed E-state index contributed by atoms with van der Waals surface area (Å²) < 4.78 is 5.14. The zero-order chi connectivity index (χ0) is 16.4. The monoisotopic (exact) mass is 308 g/mol. The fourth-order valence-electron chi connectivity index (χ4n) is 1.77. The molecule has 0 atom stereocenters. The molecule has 0 heterocycles. The minimum absolute atomic E-state index is 0.244. The highest BCUT2D eigenvalue weighted by molar-refractivity contribution is 5.89. The predicted octanol–water partition coefficient (Wildman–Crippen LogP) is 1.49. The summed E-state index contributed by atoms with van der Waals surface area (Å²) in [6.07, 6.45) is 0. The highest BCUT2D eigenvalue weighted by Gasteiger charge is 2.16. The van der Waals surface area contributed by atoms with E-state index in [4.69, 9.17) is 9.84 Å². The number of phenolic OH excluding ortho intramolecular Hbond substituents is 5. The molecule has 22 heavy (non-hydrogen) atoms. The second-order valence-corrected chi connectivity index (χ2v) is 4.42. The Balaban J connectivity index is 2.24. The molecule has 0 aromatic heterocycles. The summed E-state index contributed by atoms with van der Waals surface area (Å²) in [5, 5.41) is 56.0. The first-order chi connectivity index (χ1) is 10.3. The van der Waals surface area contributed by atoms with Gasteiger partial charge in [-0.2, -0.15) is 0 Å². The lowest BCUT2D eigenvalue weighted by atomic mass is 10.1. The molecule has 2 aromatic carbocycles. The second kappa shape index (κ2) is 5.60. The summed E-state index contributed by atoms with van der Waals surface area (Å²) in [6.45, 7) is -0.269. The fourth-order valence-corrected chi connectivity index (χ4v) is 1.77. The van der Waals surface area contributed by atoms with Gasteiger partial charge in [-0.1, -0.05) is 0 Å². The van der Waals surface area contributed by atoms with Gasteiger partial charge >= 0.3 is 5.97 Å². The molecule has 0 saturated heterocycles. The normalized spacial score (nSPS) is 10.4. The lowest BCUT2D eigenvalue weighted by Gasteiger charge is -2.11. The van der Waals surface area contributed by atoms with Gasteiger partial charge in [0.25, 0.3) is 0 Å². The zero-order valence-corrected chi connectivity index (χ0v) is 11.0. The molecule has 0 aliphatic rings. The fraction of sp³-hybridized carbons (Fsp3) is 0.0714. The molecule has 0 radical (unpaired) electrons. The number of phenols is 5. The van der Waals surface area contributed by atoms with Crippen molar-refractivity contribution in [2.45, 2.75) is 6.61 Å². The lowest BCUT2D eigenvalue weighted by Crippen LogP contribution is -1.99. The third-order valence-electron chi connectivity index (χ3n) is 2.81. The molecule has 0 aliphatic heterocycles. The van der Waals surface area contributed by atoms with Crippen LogP contribution in [-0.4, -0.2) is 36.6 Å². The average molecular weight is 308 g/mol. The first kappa shape index (κ1) is 15.1. The molecule has 6 N–H and O–H groups in total. The van der Waals surface area contributed by atoms with Crippen molar-refractivity contribution >= 4 is 5.97 Å². The molecule has 0 bridgehead atoms. The summed E-state index contributed by atoms with van der Waals surface area (Å²) in [5.41, 5.74) is -0.0730. The van der Waals surface area contributed by atoms with Crippen LogP contribution in [0, 0.1) is 0 Å². The van der Waals surface area contributed by atoms with Gasteiger partial charge in [0.2, 0.25) is 5.75 Å². The molecular weight excluding hydrogens is 296 g/mol. The van der Waals surface area contributed by atoms with Gasteiger partial charge in [0.05, 0.1) is 5.56 Å². The third-order valence-corrected chi connectivity index (χ3v) is 2.81. The van der Waals surface area contributed by atoms with E-state index in [2.05, 4.69) is 0 Å². The van der Waals surface area contributed by atoms with E-state index in [9.17, 15) is 30.3 Å². The number of carboxylic acids is 1. The van der Waals surface area contributed by atoms with Crippen LogP contribution in [-0.2, 0) is 6.61 Å². The molecule has 8 heteroatoms. The Kier molecular flexibility index (Phi) is 3.85. The van der Waals surface area contributed by atoms with Gasteiger partial charge in [-0.15, -0.1) is 0 Å². The Labute approximate surface area is 123 Å². The molecule has 0 unspecified atom stereocenters. The summed E-state index contributed by atoms with van der Waals surface area (Å²) >= 11 is 0. The number of aromatic hydroxyl groups is 5. The number of hydrogen-bond acceptors (Lipinski definition) is 7. The summed E-state index contributed by atoms with van der Waals surface area (Å²) in [7, 11) is 0. The van der Waals surface area contributed by atoms with Crippen LogP contribution in [0.5, 0.6) is 34.5 Å². The highest BCUT2D eigenvalue weighted by Crippen LogP contribution is 2.39. The van der Waals surface area contributed by atoms with Crippen molar-refractivity contribution in [2.75, 3.05) is 0 Å². The van der Waals surface area contributed by atoms with Crippen LogP contribution in [0.25, 0.3) is 0 Å². The minimum Gasteiger partial charge on any atom is -0.504 e. The molecular formula is C14H12O8. The molecule has 116 valence electrons. The molecule has 0 fully saturated rings. The zero-order valence-electron chi connectivity index (χ0n) is 11.0. The van der Waals surface area contributed by atoms with E-state index >= 15 is 0 Å². The second-order valence-electron chi connectivity index (χ2n) is 4.42. The van der Waals surface area contributed by atoms with Crippen molar-refractivity contribution in [3.63, 3.8) is 0 Å². The molecule has 2 aromatic rings. The van der Waals surface area contributed by atoms with Gasteiger partial charge in [0, 0.05) is 0 Å². The van der Waals surface area contributed by atoms with Crippen LogP contribution in [0.1, 0.15) is 15.9 Å². The highest BCUT2D eigenvalue weighted by atomic mass is 16.5. The molecule has 2 rings (SSSR count). The van der Waals surface area contributed by atoms with Gasteiger partial charge < -0.3 is 35.4 Å². The first-order valence-electron chi connectivity index (χ1n) is 5.95. The first-order valence-corrected chi connectivity index (χ1v) is 5.95. The maximum atomic E-state index is 10.8. The van der Waals surface area contributed by atoms with Crippen molar-refractivity contribution < 1.29 is 40.2 Å². The van der Waals surface area contributed by atoms with E-state index in [1.165, 1.54) is 0 Å². The Morgan fingerprint density at radius 1 is 0.864 bits per heavy atom. The van der Waals surface area contributed by atoms with E-state index in [1.54, 1.807) is 0 Å². The van der Waals surface area contributed by atoms with Crippen LogP contribution in [0.15, 0.2) is 24.3 Å². The smallest absolute Gasteiger partial charge is 0.335 e. The van der Waals surface area contributed by atoms with Gasteiger partial charge in [0.1, 0.15) is 6.61 Å². The van der Waals surface area contributed by atoms with Gasteiger partial charge in [-0.3, -0.25) is 0 Å². The van der Waals surface area contributed by atoms with E-state index in [1.807, 2.05) is 0 Å². The Morgan fingerprint density at radius 3 is 1.82 bits per heavy atom. The van der Waals surface area contributed by atoms with E-state index < -0.39 is 34.7 Å². The number of benzene rings is 2. The number of carboxylic acid groups (broad SMARTS) is 1. The maximum absolute atomic E-state index is 10.8. The average Bonchev–Trinajstić information content (AvgIpc) is 2.43. The van der Waals surface area contributed by atoms with Crippen LogP contribution in [0.2, 0.25) is 0 Å². The van der Waals surface area contributed by atoms with Crippen molar-refractivity contribution in [2.24, 2.45) is 0 Å². The van der Waals surface area contributed by atoms with E-state index in [0.29, 0.717) is 0 Å². The van der Waals surface area contributed by atoms with Gasteiger partial charge in [-0.25, -0.2) is 4.79 Å². The van der Waals surface area contributed by atoms with Crippen LogP contribution in [0.4, 0.5) is 0 Å². The Hall–Kier alpha value is -3.29. The largest absolute Gasteiger partial charge is 0.504 e. The maximum Gasteiger partial charge on any atom is 0.335 e. The molecule has 8 nitrogen and oxygen atoms in total. The van der Waals surface area contributed by atoms with Crippen molar-refractivity contribution in [1.29, 1.82) is 0 Å². The Bertz CT molecular complexity index is 692. The lowest BCUT2D eigenvalue weighted by molar-refractivity contribution is 0.0695. The number of hydrogen-bond donors (Lipinski definition) is 6. The summed E-state index contributed by atoms with van der Waals surface area (Å²) in [5.74, 6) is -4.64. The van der Waals surface area contributed by atoms with Crippen molar-refractivity contribution in [1.82, 2.24) is 0 Å². The van der Waals surface area contributed by atoms with Crippen molar-refractivity contribution in [3.05, 3.63) is 35.4 Å². The van der Waals surface area contributed by atoms with Crippen molar-refractivity contribution in [3.8, 4) is 34.5 Å². The van der Waals surface area contributed by atoms with Gasteiger partial charge in [0.15, 0.2) is 28.7 Å². The van der Waals surface area contributed by atoms with Crippen LogP contribution < -0.4 is 4.74 Å². The summed E-state index contributed by atoms with van der Waals surface area (Å²) in [4.78, 5) is 10.8. The van der Waals surface area contributed by atoms with Crippen LogP contribution in [0.3, 0.4) is 0 Å². The number of carbonyl (C=O) groups is 1. The number of rotatable bonds is 4. The standard InChI is InChI=1S/C14H12O8/c15-8-1-6(2-9(16)12(8)19)5-22-13-10(17)3-7(14(20)21)4-11(13)18/h1-4,15-19H,5H2,(H,20,21). The molecule has 0 amide bonds. The molecule has 0 spiro atoms. The summed E-state index contributed by atoms with van der Waals surface area (Å²) in [6, 6.07) is 4.05. The molecule has 0 saturated carbocycles. The SMILES string of the molecule is O=C(O)c1cc(O)c(OCc2cc(O)c(O)c(O)c2)c(O)c1.